The molecule has 0 aliphatic carbocycles. The number of para-hydroxylation sites is 1. The Hall–Kier alpha value is -4.19. The number of aromatic nitrogens is 2. The lowest BCUT2D eigenvalue weighted by Gasteiger charge is -2.26. The van der Waals surface area contributed by atoms with Gasteiger partial charge in [0.05, 0.1) is 22.9 Å². The second-order valence-electron chi connectivity index (χ2n) is 9.11. The second kappa shape index (κ2) is 11.7. The summed E-state index contributed by atoms with van der Waals surface area (Å²) >= 11 is 0. The first kappa shape index (κ1) is 26.4. The maximum Gasteiger partial charge on any atom is 0.289 e. The number of benzene rings is 2. The summed E-state index contributed by atoms with van der Waals surface area (Å²) in [5.41, 5.74) is 2.78. The summed E-state index contributed by atoms with van der Waals surface area (Å²) in [4.78, 5) is 19.1. The van der Waals surface area contributed by atoms with E-state index in [2.05, 4.69) is 15.3 Å². The largest absolute Gasteiger partial charge is 0.473 e. The molecule has 1 atom stereocenters. The molecule has 0 amide bonds. The summed E-state index contributed by atoms with van der Waals surface area (Å²) in [5.74, 6) is 0.796. The van der Waals surface area contributed by atoms with Gasteiger partial charge in [-0.1, -0.05) is 42.5 Å². The molecule has 4 aromatic rings. The van der Waals surface area contributed by atoms with Crippen molar-refractivity contribution >= 4 is 15.7 Å². The Bertz CT molecular complexity index is 1550. The van der Waals surface area contributed by atoms with Crippen LogP contribution in [0.1, 0.15) is 28.9 Å². The summed E-state index contributed by atoms with van der Waals surface area (Å²) in [6.45, 7) is 0.564. The number of pyridine rings is 2. The summed E-state index contributed by atoms with van der Waals surface area (Å²) in [5, 5.41) is 15.0. The van der Waals surface area contributed by atoms with E-state index < -0.39 is 20.6 Å². The minimum Gasteiger partial charge on any atom is -0.473 e. The SMILES string of the molecule is O=[N+]([O-])c1ccccc1S(=O)(=O)N(Cc1ccc(CNC2CCc3ncccc3O2)cc1)Cc1ccccn1. The Morgan fingerprint density at radius 3 is 2.44 bits per heavy atom. The van der Waals surface area contributed by atoms with Gasteiger partial charge in [-0.25, -0.2) is 8.42 Å². The van der Waals surface area contributed by atoms with Crippen LogP contribution in [0.4, 0.5) is 5.69 Å². The van der Waals surface area contributed by atoms with Gasteiger partial charge in [-0.2, -0.15) is 4.31 Å². The van der Waals surface area contributed by atoms with Crippen molar-refractivity contribution in [3.8, 4) is 5.75 Å². The molecule has 11 heteroatoms. The molecule has 1 unspecified atom stereocenters. The zero-order chi connectivity index (χ0) is 27.2. The van der Waals surface area contributed by atoms with Gasteiger partial charge in [-0.3, -0.25) is 25.4 Å². The van der Waals surface area contributed by atoms with Crippen LogP contribution < -0.4 is 10.1 Å². The average molecular weight is 546 g/mol. The van der Waals surface area contributed by atoms with Crippen LogP contribution in [0.5, 0.6) is 5.75 Å². The molecule has 0 saturated heterocycles. The Morgan fingerprint density at radius 2 is 1.67 bits per heavy atom. The predicted molar refractivity (Wildman–Crippen MR) is 144 cm³/mol. The van der Waals surface area contributed by atoms with Crippen molar-refractivity contribution in [2.75, 3.05) is 0 Å². The van der Waals surface area contributed by atoms with Gasteiger partial charge in [0.25, 0.3) is 15.7 Å². The summed E-state index contributed by atoms with van der Waals surface area (Å²) in [6, 6.07) is 22.0. The fourth-order valence-electron chi connectivity index (χ4n) is 4.40. The Labute approximate surface area is 226 Å². The van der Waals surface area contributed by atoms with Gasteiger partial charge in [0.1, 0.15) is 5.75 Å². The van der Waals surface area contributed by atoms with Crippen LogP contribution >= 0.6 is 0 Å². The molecule has 10 nitrogen and oxygen atoms in total. The number of nitro groups is 1. The van der Waals surface area contributed by atoms with E-state index in [0.717, 1.165) is 35.4 Å². The normalized spacial score (nSPS) is 14.9. The fraction of sp³-hybridized carbons (Fsp3) is 0.214. The number of sulfonamides is 1. The maximum atomic E-state index is 13.7. The summed E-state index contributed by atoms with van der Waals surface area (Å²) in [7, 11) is -4.21. The van der Waals surface area contributed by atoms with Crippen molar-refractivity contribution < 1.29 is 18.1 Å². The molecular formula is C28H27N5O5S. The van der Waals surface area contributed by atoms with Crippen LogP contribution in [0.3, 0.4) is 0 Å². The van der Waals surface area contributed by atoms with Gasteiger partial charge < -0.3 is 4.74 Å². The number of fused-ring (bicyclic) bond motifs is 1. The lowest BCUT2D eigenvalue weighted by molar-refractivity contribution is -0.387. The van der Waals surface area contributed by atoms with E-state index in [9.17, 15) is 18.5 Å². The van der Waals surface area contributed by atoms with E-state index in [0.29, 0.717) is 12.2 Å². The van der Waals surface area contributed by atoms with Gasteiger partial charge in [0.15, 0.2) is 11.1 Å². The van der Waals surface area contributed by atoms with E-state index in [1.165, 1.54) is 28.6 Å². The van der Waals surface area contributed by atoms with Gasteiger partial charge in [-0.05, 0) is 47.9 Å². The highest BCUT2D eigenvalue weighted by molar-refractivity contribution is 7.89. The quantitative estimate of drug-likeness (QED) is 0.232. The number of rotatable bonds is 10. The van der Waals surface area contributed by atoms with Crippen LogP contribution in [0, 0.1) is 10.1 Å². The molecular weight excluding hydrogens is 518 g/mol. The molecule has 3 heterocycles. The van der Waals surface area contributed by atoms with Crippen LogP contribution in [0.25, 0.3) is 0 Å². The minimum atomic E-state index is -4.21. The first-order chi connectivity index (χ1) is 18.9. The van der Waals surface area contributed by atoms with Crippen LogP contribution in [-0.2, 0) is 36.1 Å². The molecule has 0 bridgehead atoms. The van der Waals surface area contributed by atoms with E-state index in [4.69, 9.17) is 4.74 Å². The van der Waals surface area contributed by atoms with Crippen LogP contribution in [0.15, 0.2) is 96.2 Å². The molecule has 1 N–H and O–H groups in total. The highest BCUT2D eigenvalue weighted by atomic mass is 32.2. The maximum absolute atomic E-state index is 13.7. The number of ether oxygens (including phenoxy) is 1. The first-order valence-electron chi connectivity index (χ1n) is 12.5. The van der Waals surface area contributed by atoms with E-state index in [-0.39, 0.29) is 24.2 Å². The molecule has 1 aliphatic rings. The molecule has 2 aromatic heterocycles. The number of hydrogen-bond acceptors (Lipinski definition) is 8. The molecule has 5 rings (SSSR count). The topological polar surface area (TPSA) is 128 Å². The lowest BCUT2D eigenvalue weighted by atomic mass is 10.1. The Balaban J connectivity index is 1.31. The van der Waals surface area contributed by atoms with Gasteiger partial charge in [-0.15, -0.1) is 0 Å². The molecule has 200 valence electrons. The predicted octanol–water partition coefficient (Wildman–Crippen LogP) is 4.22. The van der Waals surface area contributed by atoms with Crippen LogP contribution in [-0.4, -0.2) is 33.8 Å². The second-order valence-corrected chi connectivity index (χ2v) is 11.0. The molecule has 2 aromatic carbocycles. The van der Waals surface area contributed by atoms with Crippen molar-refractivity contribution in [3.05, 3.63) is 124 Å². The molecule has 0 spiro atoms. The highest BCUT2D eigenvalue weighted by Crippen LogP contribution is 2.29. The molecule has 0 radical (unpaired) electrons. The van der Waals surface area contributed by atoms with Crippen LogP contribution in [0.2, 0.25) is 0 Å². The van der Waals surface area contributed by atoms with Gasteiger partial charge in [0.2, 0.25) is 0 Å². The summed E-state index contributed by atoms with van der Waals surface area (Å²) in [6.07, 6.45) is 4.88. The monoisotopic (exact) mass is 545 g/mol. The van der Waals surface area contributed by atoms with E-state index >= 15 is 0 Å². The molecule has 1 aliphatic heterocycles. The zero-order valence-corrected chi connectivity index (χ0v) is 21.8. The highest BCUT2D eigenvalue weighted by Gasteiger charge is 2.32. The third-order valence-corrected chi connectivity index (χ3v) is 8.26. The van der Waals surface area contributed by atoms with Crippen molar-refractivity contribution in [1.82, 2.24) is 19.6 Å². The van der Waals surface area contributed by atoms with Crippen molar-refractivity contribution in [2.45, 2.75) is 43.6 Å². The third-order valence-electron chi connectivity index (χ3n) is 6.42. The number of nitrogens with zero attached hydrogens (tertiary/aromatic N) is 4. The lowest BCUT2D eigenvalue weighted by Crippen LogP contribution is -2.37. The van der Waals surface area contributed by atoms with Gasteiger partial charge in [0, 0.05) is 38.0 Å². The number of hydrogen-bond donors (Lipinski definition) is 1. The Kier molecular flexibility index (Phi) is 7.92. The molecule has 0 fully saturated rings. The minimum absolute atomic E-state index is 0.0220. The average Bonchev–Trinajstić information content (AvgIpc) is 2.97. The van der Waals surface area contributed by atoms with Crippen molar-refractivity contribution in [3.63, 3.8) is 0 Å². The number of aryl methyl sites for hydroxylation is 1. The third kappa shape index (κ3) is 6.28. The number of nitrogens with one attached hydrogen (secondary N) is 1. The van der Waals surface area contributed by atoms with Crippen molar-refractivity contribution in [1.29, 1.82) is 0 Å². The van der Waals surface area contributed by atoms with E-state index in [1.807, 2.05) is 36.4 Å². The fourth-order valence-corrected chi connectivity index (χ4v) is 5.96. The molecule has 0 saturated carbocycles. The molecule has 39 heavy (non-hydrogen) atoms. The smallest absolute Gasteiger partial charge is 0.289 e. The first-order valence-corrected chi connectivity index (χ1v) is 13.9. The van der Waals surface area contributed by atoms with Crippen molar-refractivity contribution in [2.24, 2.45) is 0 Å². The standard InChI is InChI=1S/C28H27N5O5S/c34-33(35)25-7-1-2-9-27(25)39(36,37)32(20-23-6-3-4-16-29-23)19-22-12-10-21(11-13-22)18-31-28-15-14-24-26(38-28)8-5-17-30-24/h1-13,16-17,28,31H,14-15,18-20H2. The van der Waals surface area contributed by atoms with E-state index in [1.54, 1.807) is 30.6 Å². The summed E-state index contributed by atoms with van der Waals surface area (Å²) < 4.78 is 34.5. The Morgan fingerprint density at radius 1 is 0.923 bits per heavy atom. The zero-order valence-electron chi connectivity index (χ0n) is 21.0. The van der Waals surface area contributed by atoms with Gasteiger partial charge >= 0.3 is 0 Å². The number of nitro benzene ring substituents is 1.